The number of benzene rings is 1. The minimum absolute atomic E-state index is 0.112. The molecule has 5 nitrogen and oxygen atoms in total. The van der Waals surface area contributed by atoms with Crippen LogP contribution in [0.15, 0.2) is 30.3 Å². The topological polar surface area (TPSA) is 56.4 Å². The van der Waals surface area contributed by atoms with E-state index in [4.69, 9.17) is 0 Å². The second-order valence-corrected chi connectivity index (χ2v) is 7.78. The fourth-order valence-electron chi connectivity index (χ4n) is 3.85. The fraction of sp³-hybridized carbons (Fsp3) is 0.650. The maximum atomic E-state index is 12.5. The van der Waals surface area contributed by atoms with Gasteiger partial charge in [0.05, 0.1) is 0 Å². The molecule has 0 radical (unpaired) electrons. The Morgan fingerprint density at radius 2 is 2.04 bits per heavy atom. The maximum Gasteiger partial charge on any atom is 0.238 e. The van der Waals surface area contributed by atoms with Gasteiger partial charge in [0.1, 0.15) is 6.04 Å². The first-order valence-corrected chi connectivity index (χ1v) is 9.70. The predicted molar refractivity (Wildman–Crippen MR) is 101 cm³/mol. The van der Waals surface area contributed by atoms with Crippen molar-refractivity contribution in [1.29, 1.82) is 0 Å². The van der Waals surface area contributed by atoms with E-state index in [0.29, 0.717) is 18.0 Å². The van der Waals surface area contributed by atoms with E-state index in [1.807, 2.05) is 0 Å². The molecule has 0 spiro atoms. The molecular formula is C20H32N4O. The predicted octanol–water partition coefficient (Wildman–Crippen LogP) is 2.05. The SMILES string of the molecule is CC(C)C1CC(C(=O)NCC2CCCCN2Cc2ccccc2)NN1. The van der Waals surface area contributed by atoms with Gasteiger partial charge in [0.15, 0.2) is 0 Å². The number of hydrogen-bond acceptors (Lipinski definition) is 4. The number of piperidine rings is 1. The Labute approximate surface area is 151 Å². The van der Waals surface area contributed by atoms with Gasteiger partial charge in [-0.25, -0.2) is 5.43 Å². The molecular weight excluding hydrogens is 312 g/mol. The molecule has 0 bridgehead atoms. The first-order valence-electron chi connectivity index (χ1n) is 9.70. The normalized spacial score (nSPS) is 27.6. The summed E-state index contributed by atoms with van der Waals surface area (Å²) >= 11 is 0. The molecule has 3 N–H and O–H groups in total. The molecule has 0 saturated carbocycles. The standard InChI is InChI=1S/C20H32N4O/c1-15(2)18-12-19(23-22-18)20(25)21-13-17-10-6-7-11-24(17)14-16-8-4-3-5-9-16/h3-5,8-9,15,17-19,22-23H,6-7,10-14H2,1-2H3,(H,21,25). The van der Waals surface area contributed by atoms with Crippen LogP contribution in [0.3, 0.4) is 0 Å². The average Bonchev–Trinajstić information content (AvgIpc) is 3.12. The molecule has 3 unspecified atom stereocenters. The third-order valence-electron chi connectivity index (χ3n) is 5.54. The summed E-state index contributed by atoms with van der Waals surface area (Å²) in [5.74, 6) is 0.658. The van der Waals surface area contributed by atoms with E-state index >= 15 is 0 Å². The summed E-state index contributed by atoms with van der Waals surface area (Å²) in [6.07, 6.45) is 4.53. The van der Waals surface area contributed by atoms with Gasteiger partial charge in [0.25, 0.3) is 0 Å². The van der Waals surface area contributed by atoms with E-state index in [1.54, 1.807) is 0 Å². The summed E-state index contributed by atoms with van der Waals surface area (Å²) in [7, 11) is 0. The lowest BCUT2D eigenvalue weighted by molar-refractivity contribution is -0.123. The molecule has 2 aliphatic rings. The van der Waals surface area contributed by atoms with Crippen molar-refractivity contribution in [2.24, 2.45) is 5.92 Å². The van der Waals surface area contributed by atoms with Gasteiger partial charge in [-0.05, 0) is 37.3 Å². The van der Waals surface area contributed by atoms with E-state index in [-0.39, 0.29) is 11.9 Å². The minimum atomic E-state index is -0.112. The van der Waals surface area contributed by atoms with Gasteiger partial charge in [-0.15, -0.1) is 0 Å². The van der Waals surface area contributed by atoms with Crippen molar-refractivity contribution in [2.75, 3.05) is 13.1 Å². The van der Waals surface area contributed by atoms with Crippen LogP contribution in [0.2, 0.25) is 0 Å². The van der Waals surface area contributed by atoms with Crippen LogP contribution in [0.4, 0.5) is 0 Å². The van der Waals surface area contributed by atoms with Gasteiger partial charge in [-0.3, -0.25) is 15.1 Å². The zero-order chi connectivity index (χ0) is 17.6. The Hall–Kier alpha value is -1.43. The molecule has 5 heteroatoms. The second kappa shape index (κ2) is 8.79. The molecule has 0 aliphatic carbocycles. The number of rotatable bonds is 6. The number of nitrogens with one attached hydrogen (secondary N) is 3. The first-order chi connectivity index (χ1) is 12.1. The Morgan fingerprint density at radius 3 is 2.76 bits per heavy atom. The highest BCUT2D eigenvalue weighted by Gasteiger charge is 2.31. The maximum absolute atomic E-state index is 12.5. The summed E-state index contributed by atoms with van der Waals surface area (Å²) in [5.41, 5.74) is 7.75. The number of carbonyl (C=O) groups excluding carboxylic acids is 1. The summed E-state index contributed by atoms with van der Waals surface area (Å²) in [4.78, 5) is 15.0. The molecule has 1 aromatic rings. The number of carbonyl (C=O) groups is 1. The van der Waals surface area contributed by atoms with Crippen LogP contribution < -0.4 is 16.2 Å². The highest BCUT2D eigenvalue weighted by molar-refractivity contribution is 5.82. The van der Waals surface area contributed by atoms with Crippen LogP contribution in [-0.2, 0) is 11.3 Å². The molecule has 2 heterocycles. The summed E-state index contributed by atoms with van der Waals surface area (Å²) < 4.78 is 0. The number of nitrogens with zero attached hydrogens (tertiary/aromatic N) is 1. The van der Waals surface area contributed by atoms with E-state index in [1.165, 1.54) is 18.4 Å². The molecule has 2 fully saturated rings. The fourth-order valence-corrected chi connectivity index (χ4v) is 3.85. The van der Waals surface area contributed by atoms with Crippen molar-refractivity contribution in [3.63, 3.8) is 0 Å². The smallest absolute Gasteiger partial charge is 0.238 e. The molecule has 0 aromatic heterocycles. The van der Waals surface area contributed by atoms with Crippen molar-refractivity contribution in [2.45, 2.75) is 64.2 Å². The molecule has 1 amide bonds. The molecule has 3 rings (SSSR count). The van der Waals surface area contributed by atoms with E-state index in [2.05, 4.69) is 65.2 Å². The molecule has 2 saturated heterocycles. The lowest BCUT2D eigenvalue weighted by atomic mass is 9.99. The van der Waals surface area contributed by atoms with E-state index in [0.717, 1.165) is 32.5 Å². The highest BCUT2D eigenvalue weighted by Crippen LogP contribution is 2.19. The van der Waals surface area contributed by atoms with Crippen molar-refractivity contribution < 1.29 is 4.79 Å². The van der Waals surface area contributed by atoms with Crippen LogP contribution in [0.1, 0.15) is 45.1 Å². The largest absolute Gasteiger partial charge is 0.353 e. The van der Waals surface area contributed by atoms with Gasteiger partial charge in [0.2, 0.25) is 5.91 Å². The molecule has 1 aromatic carbocycles. The van der Waals surface area contributed by atoms with Gasteiger partial charge in [-0.1, -0.05) is 50.6 Å². The Bertz CT molecular complexity index is 548. The third kappa shape index (κ3) is 5.03. The Morgan fingerprint density at radius 1 is 1.24 bits per heavy atom. The summed E-state index contributed by atoms with van der Waals surface area (Å²) in [6, 6.07) is 11.3. The van der Waals surface area contributed by atoms with Crippen molar-refractivity contribution in [3.05, 3.63) is 35.9 Å². The third-order valence-corrected chi connectivity index (χ3v) is 5.54. The van der Waals surface area contributed by atoms with Crippen molar-refractivity contribution in [1.82, 2.24) is 21.1 Å². The zero-order valence-corrected chi connectivity index (χ0v) is 15.5. The van der Waals surface area contributed by atoms with Crippen molar-refractivity contribution >= 4 is 5.91 Å². The van der Waals surface area contributed by atoms with Gasteiger partial charge in [0, 0.05) is 25.2 Å². The number of amides is 1. The van der Waals surface area contributed by atoms with Crippen LogP contribution in [0.25, 0.3) is 0 Å². The number of likely N-dealkylation sites (tertiary alicyclic amines) is 1. The average molecular weight is 345 g/mol. The van der Waals surface area contributed by atoms with Gasteiger partial charge < -0.3 is 5.32 Å². The quantitative estimate of drug-likeness (QED) is 0.739. The zero-order valence-electron chi connectivity index (χ0n) is 15.5. The molecule has 138 valence electrons. The molecule has 3 atom stereocenters. The highest BCUT2D eigenvalue weighted by atomic mass is 16.2. The van der Waals surface area contributed by atoms with Crippen LogP contribution in [0, 0.1) is 5.92 Å². The van der Waals surface area contributed by atoms with Gasteiger partial charge >= 0.3 is 0 Å². The first kappa shape index (κ1) is 18.4. The Balaban J connectivity index is 1.49. The van der Waals surface area contributed by atoms with E-state index < -0.39 is 0 Å². The van der Waals surface area contributed by atoms with Crippen LogP contribution in [0.5, 0.6) is 0 Å². The summed E-state index contributed by atoms with van der Waals surface area (Å²) in [6.45, 7) is 7.20. The second-order valence-electron chi connectivity index (χ2n) is 7.78. The number of hydrazine groups is 1. The Kier molecular flexibility index (Phi) is 6.45. The summed E-state index contributed by atoms with van der Waals surface area (Å²) in [5, 5.41) is 3.19. The van der Waals surface area contributed by atoms with Crippen LogP contribution >= 0.6 is 0 Å². The lowest BCUT2D eigenvalue weighted by Crippen LogP contribution is -2.50. The van der Waals surface area contributed by atoms with Gasteiger partial charge in [-0.2, -0.15) is 0 Å². The lowest BCUT2D eigenvalue weighted by Gasteiger charge is -2.36. The molecule has 25 heavy (non-hydrogen) atoms. The van der Waals surface area contributed by atoms with Crippen LogP contribution in [-0.4, -0.2) is 42.0 Å². The number of hydrogen-bond donors (Lipinski definition) is 3. The van der Waals surface area contributed by atoms with Crippen molar-refractivity contribution in [3.8, 4) is 0 Å². The molecule has 2 aliphatic heterocycles. The van der Waals surface area contributed by atoms with E-state index in [9.17, 15) is 4.79 Å². The minimum Gasteiger partial charge on any atom is -0.353 e. The monoisotopic (exact) mass is 344 g/mol.